The molecule has 2 N–H and O–H groups in total. The summed E-state index contributed by atoms with van der Waals surface area (Å²) in [5.41, 5.74) is 0. The van der Waals surface area contributed by atoms with Crippen LogP contribution in [0, 0.1) is 0 Å². The van der Waals surface area contributed by atoms with Crippen molar-refractivity contribution in [3.05, 3.63) is 12.2 Å². The van der Waals surface area contributed by atoms with E-state index in [9.17, 15) is 19.4 Å². The highest BCUT2D eigenvalue weighted by molar-refractivity contribution is 7.45. The number of allylic oxidation sites excluding steroid dienone is 2. The van der Waals surface area contributed by atoms with Gasteiger partial charge in [-0.1, -0.05) is 347 Å². The number of hydrogen-bond acceptors (Lipinski definition) is 6. The fraction of sp³-hybridized carbons (Fsp3) is 0.957. The van der Waals surface area contributed by atoms with Gasteiger partial charge in [-0.2, -0.15) is 0 Å². The molecule has 0 aliphatic rings. The number of unbranched alkanes of at least 4 members (excludes halogenated alkanes) is 52. The van der Waals surface area contributed by atoms with E-state index in [1.54, 1.807) is 0 Å². The molecule has 1 amide bonds. The lowest BCUT2D eigenvalue weighted by Gasteiger charge is -2.30. The van der Waals surface area contributed by atoms with Gasteiger partial charge in [0.15, 0.2) is 0 Å². The van der Waals surface area contributed by atoms with Crippen molar-refractivity contribution in [2.24, 2.45) is 0 Å². The number of aliphatic hydroxyl groups is 1. The van der Waals surface area contributed by atoms with Crippen LogP contribution >= 0.6 is 7.82 Å². The molecule has 472 valence electrons. The Balaban J connectivity index is 3.98. The predicted molar refractivity (Wildman–Crippen MR) is 344 cm³/mol. The van der Waals surface area contributed by atoms with E-state index in [1.807, 2.05) is 21.1 Å². The minimum Gasteiger partial charge on any atom is -0.756 e. The zero-order chi connectivity index (χ0) is 57.7. The largest absolute Gasteiger partial charge is 0.756 e. The molecule has 0 spiro atoms. The van der Waals surface area contributed by atoms with Crippen LogP contribution in [0.4, 0.5) is 0 Å². The molecule has 3 unspecified atom stereocenters. The fourth-order valence-corrected chi connectivity index (χ4v) is 11.9. The van der Waals surface area contributed by atoms with E-state index in [2.05, 4.69) is 31.3 Å². The maximum Gasteiger partial charge on any atom is 0.268 e. The summed E-state index contributed by atoms with van der Waals surface area (Å²) in [5.74, 6) is -0.157. The zero-order valence-electron chi connectivity index (χ0n) is 54.1. The molecule has 79 heavy (non-hydrogen) atoms. The number of carbonyl (C=O) groups excluding carboxylic acids is 1. The molecule has 0 aliphatic heterocycles. The Kier molecular flexibility index (Phi) is 61.2. The summed E-state index contributed by atoms with van der Waals surface area (Å²) in [6.45, 7) is 4.79. The van der Waals surface area contributed by atoms with E-state index < -0.39 is 20.0 Å². The van der Waals surface area contributed by atoms with Crippen molar-refractivity contribution in [1.82, 2.24) is 5.32 Å². The molecule has 8 nitrogen and oxygen atoms in total. The monoisotopic (exact) mass is 1140 g/mol. The highest BCUT2D eigenvalue weighted by atomic mass is 31.2. The number of phosphoric acid groups is 1. The van der Waals surface area contributed by atoms with Crippen molar-refractivity contribution in [3.63, 3.8) is 0 Å². The Labute approximate surface area is 494 Å². The van der Waals surface area contributed by atoms with Crippen molar-refractivity contribution in [2.75, 3.05) is 40.9 Å². The van der Waals surface area contributed by atoms with E-state index in [-0.39, 0.29) is 19.1 Å². The summed E-state index contributed by atoms with van der Waals surface area (Å²) in [6.07, 6.45) is 78.7. The van der Waals surface area contributed by atoms with Gasteiger partial charge in [0.05, 0.1) is 39.9 Å². The lowest BCUT2D eigenvalue weighted by atomic mass is 10.0. The normalized spacial score (nSPS) is 13.7. The Morgan fingerprint density at radius 1 is 0.430 bits per heavy atom. The molecule has 0 bridgehead atoms. The molecule has 0 aliphatic carbocycles. The average molecular weight is 1140 g/mol. The summed E-state index contributed by atoms with van der Waals surface area (Å²) < 4.78 is 23.5. The highest BCUT2D eigenvalue weighted by Gasteiger charge is 2.24. The van der Waals surface area contributed by atoms with Crippen molar-refractivity contribution in [3.8, 4) is 0 Å². The number of carbonyl (C=O) groups is 1. The average Bonchev–Trinajstić information content (AvgIpc) is 3.42. The molecule has 0 fully saturated rings. The standard InChI is InChI=1S/C70H141N2O6P/c1-6-8-10-12-14-16-18-20-22-24-26-28-30-32-33-34-35-36-37-38-40-41-43-45-47-49-51-53-55-57-59-61-63-69(73)68(67-78-79(75,76)77-66-65-72(3,4)5)71-70(74)64-62-60-58-56-54-52-50-48-46-44-42-39-31-29-27-25-23-21-19-17-15-13-11-9-7-2/h25,27,68-69,73H,6-24,26,28-67H2,1-5H3,(H-,71,74,75,76)/b27-25-. The van der Waals surface area contributed by atoms with Gasteiger partial charge in [0.1, 0.15) is 13.2 Å². The molecule has 9 heteroatoms. The summed E-state index contributed by atoms with van der Waals surface area (Å²) in [5, 5.41) is 14.1. The van der Waals surface area contributed by atoms with Gasteiger partial charge in [-0.05, 0) is 38.5 Å². The maximum absolute atomic E-state index is 13.1. The Morgan fingerprint density at radius 3 is 0.987 bits per heavy atom. The summed E-state index contributed by atoms with van der Waals surface area (Å²) >= 11 is 0. The molecule has 0 aromatic rings. The number of likely N-dealkylation sites (N-methyl/N-ethyl adjacent to an activating group) is 1. The molecule has 0 radical (unpaired) electrons. The summed E-state index contributed by atoms with van der Waals surface area (Å²) in [7, 11) is 1.33. The molecule has 3 atom stereocenters. The molecule has 0 saturated heterocycles. The second-order valence-corrected chi connectivity index (χ2v) is 27.4. The number of nitrogens with zero attached hydrogens (tertiary/aromatic N) is 1. The number of nitrogens with one attached hydrogen (secondary N) is 1. The maximum atomic E-state index is 13.1. The topological polar surface area (TPSA) is 108 Å². The number of aliphatic hydroxyl groups excluding tert-OH is 1. The van der Waals surface area contributed by atoms with Gasteiger partial charge in [0.25, 0.3) is 7.82 Å². The zero-order valence-corrected chi connectivity index (χ0v) is 55.0. The van der Waals surface area contributed by atoms with E-state index in [0.717, 1.165) is 38.5 Å². The van der Waals surface area contributed by atoms with E-state index in [4.69, 9.17) is 9.05 Å². The third kappa shape index (κ3) is 64.7. The van der Waals surface area contributed by atoms with E-state index in [0.29, 0.717) is 23.9 Å². The quantitative estimate of drug-likeness (QED) is 0.0272. The first kappa shape index (κ1) is 78.2. The first-order valence-corrected chi connectivity index (χ1v) is 37.0. The fourth-order valence-electron chi connectivity index (χ4n) is 11.2. The van der Waals surface area contributed by atoms with E-state index >= 15 is 0 Å². The van der Waals surface area contributed by atoms with Crippen LogP contribution in [-0.2, 0) is 18.4 Å². The predicted octanol–water partition coefficient (Wildman–Crippen LogP) is 21.9. The third-order valence-electron chi connectivity index (χ3n) is 16.8. The Bertz CT molecular complexity index is 1290. The second-order valence-electron chi connectivity index (χ2n) is 26.0. The summed E-state index contributed by atoms with van der Waals surface area (Å²) in [4.78, 5) is 25.7. The summed E-state index contributed by atoms with van der Waals surface area (Å²) in [6, 6.07) is -0.799. The van der Waals surface area contributed by atoms with Crippen LogP contribution in [0.5, 0.6) is 0 Å². The minimum absolute atomic E-state index is 0.0153. The van der Waals surface area contributed by atoms with Gasteiger partial charge in [-0.3, -0.25) is 9.36 Å². The van der Waals surface area contributed by atoms with E-state index in [1.165, 1.54) is 315 Å². The van der Waals surface area contributed by atoms with Crippen LogP contribution in [0.3, 0.4) is 0 Å². The molecule has 0 saturated carbocycles. The van der Waals surface area contributed by atoms with Gasteiger partial charge in [-0.25, -0.2) is 0 Å². The molecule has 0 aromatic carbocycles. The number of amides is 1. The SMILES string of the molecule is CCCCCCCCCC/C=C\CCCCCCCCCCCCCCCC(=O)NC(COP(=O)([O-])OCC[N+](C)(C)C)C(O)CCCCCCCCCCCCCCCCCCCCCCCCCCCCCCCCCC. The number of rotatable bonds is 67. The van der Waals surface area contributed by atoms with Gasteiger partial charge in [-0.15, -0.1) is 0 Å². The lowest BCUT2D eigenvalue weighted by molar-refractivity contribution is -0.870. The third-order valence-corrected chi connectivity index (χ3v) is 17.7. The van der Waals surface area contributed by atoms with Crippen molar-refractivity contribution >= 4 is 13.7 Å². The van der Waals surface area contributed by atoms with Gasteiger partial charge < -0.3 is 28.8 Å². The second kappa shape index (κ2) is 61.8. The molecular formula is C70H141N2O6P. The van der Waals surface area contributed by atoms with Crippen LogP contribution in [0.2, 0.25) is 0 Å². The minimum atomic E-state index is -4.58. The van der Waals surface area contributed by atoms with Gasteiger partial charge >= 0.3 is 0 Å². The Morgan fingerprint density at radius 2 is 0.696 bits per heavy atom. The van der Waals surface area contributed by atoms with Gasteiger partial charge in [0, 0.05) is 6.42 Å². The van der Waals surface area contributed by atoms with Crippen molar-refractivity contribution in [1.29, 1.82) is 0 Å². The van der Waals surface area contributed by atoms with Crippen LogP contribution in [0.1, 0.15) is 380 Å². The number of quaternary nitrogens is 1. The molecule has 0 rings (SSSR count). The van der Waals surface area contributed by atoms with Crippen LogP contribution in [-0.4, -0.2) is 68.5 Å². The van der Waals surface area contributed by atoms with Crippen molar-refractivity contribution < 1.29 is 32.9 Å². The number of hydrogen-bond donors (Lipinski definition) is 2. The van der Waals surface area contributed by atoms with Crippen LogP contribution in [0.25, 0.3) is 0 Å². The first-order chi connectivity index (χ1) is 38.5. The highest BCUT2D eigenvalue weighted by Crippen LogP contribution is 2.38. The van der Waals surface area contributed by atoms with Gasteiger partial charge in [0.2, 0.25) is 5.91 Å². The smallest absolute Gasteiger partial charge is 0.268 e. The molecular weight excluding hydrogens is 996 g/mol. The van der Waals surface area contributed by atoms with Crippen LogP contribution < -0.4 is 10.2 Å². The lowest BCUT2D eigenvalue weighted by Crippen LogP contribution is -2.46. The molecule has 0 heterocycles. The molecule has 0 aromatic heterocycles. The first-order valence-electron chi connectivity index (χ1n) is 35.5. The van der Waals surface area contributed by atoms with Crippen molar-refractivity contribution in [2.45, 2.75) is 392 Å². The number of phosphoric ester groups is 1. The Hall–Kier alpha value is -0.760. The van der Waals surface area contributed by atoms with Crippen LogP contribution in [0.15, 0.2) is 12.2 Å².